The molecule has 0 unspecified atom stereocenters. The third kappa shape index (κ3) is 10.7. The average molecular weight is 176 g/mol. The Morgan fingerprint density at radius 2 is 1.23 bits per heavy atom. The molecule has 0 radical (unpaired) electrons. The summed E-state index contributed by atoms with van der Waals surface area (Å²) in [6, 6.07) is 0. The first-order valence-corrected chi connectivity index (χ1v) is 4.30. The fourth-order valence-corrected chi connectivity index (χ4v) is 0.635. The molecule has 1 N–H and O–H groups in total. The molecule has 0 atom stereocenters. The SMILES string of the molecule is CC=CC=CC=CC=CC=CCO. The first-order valence-electron chi connectivity index (χ1n) is 4.30. The molecule has 0 bridgehead atoms. The first kappa shape index (κ1) is 11.7. The molecule has 0 saturated heterocycles. The van der Waals surface area contributed by atoms with E-state index in [2.05, 4.69) is 0 Å². The molecule has 0 aliphatic heterocycles. The molecule has 0 aliphatic carbocycles. The molecule has 70 valence electrons. The molecule has 0 amide bonds. The topological polar surface area (TPSA) is 20.2 Å². The molecule has 0 saturated carbocycles. The summed E-state index contributed by atoms with van der Waals surface area (Å²) in [6.45, 7) is 2.07. The van der Waals surface area contributed by atoms with Gasteiger partial charge in [-0.05, 0) is 6.92 Å². The van der Waals surface area contributed by atoms with E-state index in [4.69, 9.17) is 5.11 Å². The standard InChI is InChI=1S/C12H16O/c1-2-3-4-5-6-7-8-9-10-11-12-13/h2-11,13H,12H2,1H3. The zero-order chi connectivity index (χ0) is 9.78. The molecule has 0 spiro atoms. The van der Waals surface area contributed by atoms with E-state index in [1.165, 1.54) is 0 Å². The van der Waals surface area contributed by atoms with Gasteiger partial charge in [-0.2, -0.15) is 0 Å². The van der Waals surface area contributed by atoms with Crippen LogP contribution in [0.4, 0.5) is 0 Å². The molecule has 0 rings (SSSR count). The van der Waals surface area contributed by atoms with E-state index < -0.39 is 0 Å². The third-order valence-electron chi connectivity index (χ3n) is 1.21. The van der Waals surface area contributed by atoms with Gasteiger partial charge in [0.15, 0.2) is 0 Å². The van der Waals surface area contributed by atoms with Crippen LogP contribution >= 0.6 is 0 Å². The molecule has 1 nitrogen and oxygen atoms in total. The van der Waals surface area contributed by atoms with Crippen LogP contribution in [-0.2, 0) is 0 Å². The Morgan fingerprint density at radius 1 is 0.769 bits per heavy atom. The van der Waals surface area contributed by atoms with Crippen molar-refractivity contribution in [3.8, 4) is 0 Å². The zero-order valence-corrected chi connectivity index (χ0v) is 7.93. The number of aliphatic hydroxyl groups excluding tert-OH is 1. The van der Waals surface area contributed by atoms with Crippen LogP contribution in [0.25, 0.3) is 0 Å². The minimum atomic E-state index is 0.0925. The highest BCUT2D eigenvalue weighted by molar-refractivity contribution is 5.17. The molecule has 0 heterocycles. The summed E-state index contributed by atoms with van der Waals surface area (Å²) in [5.41, 5.74) is 0. The van der Waals surface area contributed by atoms with Gasteiger partial charge < -0.3 is 5.11 Å². The molecule has 0 aromatic rings. The van der Waals surface area contributed by atoms with Gasteiger partial charge in [-0.15, -0.1) is 0 Å². The lowest BCUT2D eigenvalue weighted by molar-refractivity contribution is 0.343. The molecule has 0 aromatic heterocycles. The molecule has 0 aromatic carbocycles. The van der Waals surface area contributed by atoms with Crippen LogP contribution in [0.5, 0.6) is 0 Å². The van der Waals surface area contributed by atoms with Gasteiger partial charge in [-0.1, -0.05) is 60.8 Å². The highest BCUT2D eigenvalue weighted by atomic mass is 16.2. The lowest BCUT2D eigenvalue weighted by Crippen LogP contribution is -1.66. The second-order valence-corrected chi connectivity index (χ2v) is 2.29. The Labute approximate surface area is 80.1 Å². The minimum Gasteiger partial charge on any atom is -0.392 e. The summed E-state index contributed by atoms with van der Waals surface area (Å²) < 4.78 is 0. The third-order valence-corrected chi connectivity index (χ3v) is 1.21. The average Bonchev–Trinajstić information content (AvgIpc) is 2.16. The van der Waals surface area contributed by atoms with Crippen molar-refractivity contribution < 1.29 is 5.11 Å². The van der Waals surface area contributed by atoms with Crippen molar-refractivity contribution >= 4 is 0 Å². The van der Waals surface area contributed by atoms with Crippen LogP contribution in [0.15, 0.2) is 60.8 Å². The predicted octanol–water partition coefficient (Wildman–Crippen LogP) is 2.78. The van der Waals surface area contributed by atoms with Crippen molar-refractivity contribution in [3.63, 3.8) is 0 Å². The van der Waals surface area contributed by atoms with Crippen LogP contribution in [-0.4, -0.2) is 11.7 Å². The van der Waals surface area contributed by atoms with Crippen molar-refractivity contribution in [2.75, 3.05) is 6.61 Å². The summed E-state index contributed by atoms with van der Waals surface area (Å²) >= 11 is 0. The number of rotatable bonds is 5. The second-order valence-electron chi connectivity index (χ2n) is 2.29. The fraction of sp³-hybridized carbons (Fsp3) is 0.167. The summed E-state index contributed by atoms with van der Waals surface area (Å²) in [7, 11) is 0. The summed E-state index contributed by atoms with van der Waals surface area (Å²) in [5, 5.41) is 8.41. The van der Waals surface area contributed by atoms with Gasteiger partial charge in [0.1, 0.15) is 0 Å². The Balaban J connectivity index is 3.62. The van der Waals surface area contributed by atoms with Crippen LogP contribution < -0.4 is 0 Å². The van der Waals surface area contributed by atoms with Crippen molar-refractivity contribution in [2.24, 2.45) is 0 Å². The van der Waals surface area contributed by atoms with Gasteiger partial charge in [0.05, 0.1) is 6.61 Å². The molecule has 0 aliphatic rings. The lowest BCUT2D eigenvalue weighted by atomic mass is 10.3. The Hall–Kier alpha value is -1.34. The molecular formula is C12H16O. The molecule has 13 heavy (non-hydrogen) atoms. The van der Waals surface area contributed by atoms with Gasteiger partial charge in [0.25, 0.3) is 0 Å². The van der Waals surface area contributed by atoms with E-state index in [1.807, 2.05) is 55.5 Å². The maximum Gasteiger partial charge on any atom is 0.0615 e. The number of hydrogen-bond acceptors (Lipinski definition) is 1. The van der Waals surface area contributed by atoms with E-state index in [-0.39, 0.29) is 6.61 Å². The monoisotopic (exact) mass is 176 g/mol. The van der Waals surface area contributed by atoms with E-state index in [1.54, 1.807) is 12.2 Å². The highest BCUT2D eigenvalue weighted by Gasteiger charge is 1.63. The van der Waals surface area contributed by atoms with Crippen LogP contribution in [0.3, 0.4) is 0 Å². The second kappa shape index (κ2) is 10.7. The summed E-state index contributed by atoms with van der Waals surface area (Å²) in [4.78, 5) is 0. The number of aliphatic hydroxyl groups is 1. The van der Waals surface area contributed by atoms with Crippen LogP contribution in [0.1, 0.15) is 6.92 Å². The largest absolute Gasteiger partial charge is 0.392 e. The van der Waals surface area contributed by atoms with Crippen molar-refractivity contribution in [1.29, 1.82) is 0 Å². The number of allylic oxidation sites excluding steroid dienone is 9. The van der Waals surface area contributed by atoms with Gasteiger partial charge >= 0.3 is 0 Å². The summed E-state index contributed by atoms with van der Waals surface area (Å²) in [6.07, 6.45) is 19.0. The van der Waals surface area contributed by atoms with E-state index >= 15 is 0 Å². The van der Waals surface area contributed by atoms with Gasteiger partial charge in [0.2, 0.25) is 0 Å². The number of hydrogen-bond donors (Lipinski definition) is 1. The van der Waals surface area contributed by atoms with E-state index in [0.29, 0.717) is 0 Å². The maximum absolute atomic E-state index is 8.41. The van der Waals surface area contributed by atoms with Gasteiger partial charge in [-0.25, -0.2) is 0 Å². The highest BCUT2D eigenvalue weighted by Crippen LogP contribution is 1.82. The Morgan fingerprint density at radius 3 is 1.69 bits per heavy atom. The first-order chi connectivity index (χ1) is 6.41. The zero-order valence-electron chi connectivity index (χ0n) is 7.93. The van der Waals surface area contributed by atoms with Crippen molar-refractivity contribution in [2.45, 2.75) is 6.92 Å². The van der Waals surface area contributed by atoms with E-state index in [0.717, 1.165) is 0 Å². The molecular weight excluding hydrogens is 160 g/mol. The maximum atomic E-state index is 8.41. The quantitative estimate of drug-likeness (QED) is 0.639. The van der Waals surface area contributed by atoms with Crippen molar-refractivity contribution in [3.05, 3.63) is 60.8 Å². The van der Waals surface area contributed by atoms with Gasteiger partial charge in [0, 0.05) is 0 Å². The Bertz CT molecular complexity index is 230. The summed E-state index contributed by atoms with van der Waals surface area (Å²) in [5.74, 6) is 0. The van der Waals surface area contributed by atoms with E-state index in [9.17, 15) is 0 Å². The van der Waals surface area contributed by atoms with Crippen molar-refractivity contribution in [1.82, 2.24) is 0 Å². The lowest BCUT2D eigenvalue weighted by Gasteiger charge is -1.74. The smallest absolute Gasteiger partial charge is 0.0615 e. The molecule has 1 heteroatoms. The van der Waals surface area contributed by atoms with Crippen LogP contribution in [0.2, 0.25) is 0 Å². The van der Waals surface area contributed by atoms with Gasteiger partial charge in [-0.3, -0.25) is 0 Å². The van der Waals surface area contributed by atoms with Crippen LogP contribution in [0, 0.1) is 0 Å². The minimum absolute atomic E-state index is 0.0925. The fourth-order valence-electron chi connectivity index (χ4n) is 0.635. The predicted molar refractivity (Wildman–Crippen MR) is 58.5 cm³/mol. The normalized spacial score (nSPS) is 13.7. The Kier molecular flexibility index (Phi) is 9.56. The molecule has 0 fully saturated rings.